The van der Waals surface area contributed by atoms with Crippen LogP contribution in [0, 0.1) is 0 Å². The molecule has 0 unspecified atom stereocenters. The summed E-state index contributed by atoms with van der Waals surface area (Å²) < 4.78 is 31.9. The Kier molecular flexibility index (Phi) is 3.32. The van der Waals surface area contributed by atoms with Gasteiger partial charge in [-0.1, -0.05) is 18.2 Å². The van der Waals surface area contributed by atoms with Gasteiger partial charge in [0.2, 0.25) is 0 Å². The third kappa shape index (κ3) is 2.78. The zero-order valence-electron chi connectivity index (χ0n) is 9.87. The molecule has 0 atom stereocenters. The second-order valence-corrected chi connectivity index (χ2v) is 5.30. The highest BCUT2D eigenvalue weighted by Crippen LogP contribution is 2.34. The van der Waals surface area contributed by atoms with Gasteiger partial charge < -0.3 is 16.8 Å². The molecule has 0 bridgehead atoms. The van der Waals surface area contributed by atoms with Crippen molar-refractivity contribution in [2.75, 3.05) is 16.8 Å². The van der Waals surface area contributed by atoms with Crippen molar-refractivity contribution < 1.29 is 13.0 Å². The Morgan fingerprint density at radius 1 is 1.00 bits per heavy atom. The number of para-hydroxylation sites is 1. The van der Waals surface area contributed by atoms with Crippen molar-refractivity contribution in [3.05, 3.63) is 42.5 Å². The number of rotatable bonds is 3. The van der Waals surface area contributed by atoms with Gasteiger partial charge in [-0.25, -0.2) is 0 Å². The predicted octanol–water partition coefficient (Wildman–Crippen LogP) is 1.84. The molecule has 0 spiro atoms. The summed E-state index contributed by atoms with van der Waals surface area (Å²) in [5.74, 6) is 0. The topological polar surface area (TPSA) is 118 Å². The summed E-state index contributed by atoms with van der Waals surface area (Å²) in [6.07, 6.45) is 0. The van der Waals surface area contributed by atoms with Gasteiger partial charge in [-0.15, -0.1) is 0 Å². The number of benzene rings is 2. The quantitative estimate of drug-likeness (QED) is 0.503. The Hall–Kier alpha value is -2.25. The first-order valence-corrected chi connectivity index (χ1v) is 6.81. The van der Waals surface area contributed by atoms with Gasteiger partial charge in [0.05, 0.1) is 17.1 Å². The molecule has 0 amide bonds. The van der Waals surface area contributed by atoms with Crippen LogP contribution in [0.2, 0.25) is 0 Å². The SMILES string of the molecule is Nc1ccc(S(=O)(=O)O)c(Nc2ccccc2)c1N. The van der Waals surface area contributed by atoms with Gasteiger partial charge in [0.1, 0.15) is 4.90 Å². The van der Waals surface area contributed by atoms with Crippen LogP contribution in [0.4, 0.5) is 22.7 Å². The highest BCUT2D eigenvalue weighted by Gasteiger charge is 2.19. The van der Waals surface area contributed by atoms with Crippen molar-refractivity contribution in [2.45, 2.75) is 4.90 Å². The third-order valence-corrected chi connectivity index (χ3v) is 3.46. The van der Waals surface area contributed by atoms with E-state index >= 15 is 0 Å². The largest absolute Gasteiger partial charge is 0.397 e. The highest BCUT2D eigenvalue weighted by atomic mass is 32.2. The molecule has 2 aromatic carbocycles. The summed E-state index contributed by atoms with van der Waals surface area (Å²) in [6.45, 7) is 0. The fourth-order valence-electron chi connectivity index (χ4n) is 1.63. The molecule has 0 saturated heterocycles. The molecule has 7 heteroatoms. The molecule has 19 heavy (non-hydrogen) atoms. The first-order chi connectivity index (χ1) is 8.89. The number of nitrogen functional groups attached to an aromatic ring is 2. The van der Waals surface area contributed by atoms with E-state index in [1.54, 1.807) is 24.3 Å². The summed E-state index contributed by atoms with van der Waals surface area (Å²) >= 11 is 0. The van der Waals surface area contributed by atoms with E-state index in [2.05, 4.69) is 5.32 Å². The van der Waals surface area contributed by atoms with Crippen LogP contribution < -0.4 is 16.8 Å². The Morgan fingerprint density at radius 2 is 1.63 bits per heavy atom. The van der Waals surface area contributed by atoms with Gasteiger partial charge in [-0.05, 0) is 24.3 Å². The monoisotopic (exact) mass is 279 g/mol. The summed E-state index contributed by atoms with van der Waals surface area (Å²) in [6, 6.07) is 11.4. The molecule has 0 aliphatic rings. The number of hydrogen-bond donors (Lipinski definition) is 4. The van der Waals surface area contributed by atoms with Crippen LogP contribution in [0.3, 0.4) is 0 Å². The number of nitrogens with one attached hydrogen (secondary N) is 1. The molecule has 0 heterocycles. The maximum Gasteiger partial charge on any atom is 0.296 e. The molecule has 0 aromatic heterocycles. The van der Waals surface area contributed by atoms with Crippen LogP contribution in [-0.2, 0) is 10.1 Å². The Morgan fingerprint density at radius 3 is 2.21 bits per heavy atom. The standard InChI is InChI=1S/C12H13N3O3S/c13-9-6-7-10(19(16,17)18)12(11(9)14)15-8-4-2-1-3-5-8/h1-7,15H,13-14H2,(H,16,17,18). The molecule has 100 valence electrons. The first-order valence-electron chi connectivity index (χ1n) is 5.37. The second kappa shape index (κ2) is 4.79. The third-order valence-electron chi connectivity index (χ3n) is 2.56. The van der Waals surface area contributed by atoms with Crippen molar-refractivity contribution in [1.29, 1.82) is 0 Å². The van der Waals surface area contributed by atoms with E-state index in [1.807, 2.05) is 6.07 Å². The van der Waals surface area contributed by atoms with E-state index < -0.39 is 10.1 Å². The summed E-state index contributed by atoms with van der Waals surface area (Å²) in [5.41, 5.74) is 12.4. The fraction of sp³-hybridized carbons (Fsp3) is 0. The maximum atomic E-state index is 11.3. The highest BCUT2D eigenvalue weighted by molar-refractivity contribution is 7.86. The molecular formula is C12H13N3O3S. The van der Waals surface area contributed by atoms with Gasteiger partial charge >= 0.3 is 0 Å². The Labute approximate surface area is 110 Å². The minimum Gasteiger partial charge on any atom is -0.397 e. The maximum absolute atomic E-state index is 11.3. The van der Waals surface area contributed by atoms with Crippen molar-refractivity contribution >= 4 is 32.9 Å². The van der Waals surface area contributed by atoms with Gasteiger partial charge in [0.15, 0.2) is 0 Å². The zero-order valence-corrected chi connectivity index (χ0v) is 10.7. The van der Waals surface area contributed by atoms with Gasteiger partial charge in [-0.3, -0.25) is 4.55 Å². The van der Waals surface area contributed by atoms with Crippen molar-refractivity contribution in [3.63, 3.8) is 0 Å². The van der Waals surface area contributed by atoms with Crippen LogP contribution >= 0.6 is 0 Å². The minimum atomic E-state index is -4.39. The molecule has 2 rings (SSSR count). The molecule has 0 saturated carbocycles. The average Bonchev–Trinajstić information content (AvgIpc) is 2.35. The molecular weight excluding hydrogens is 266 g/mol. The smallest absolute Gasteiger partial charge is 0.296 e. The summed E-state index contributed by atoms with van der Waals surface area (Å²) in [5, 5.41) is 2.84. The molecule has 2 aromatic rings. The van der Waals surface area contributed by atoms with E-state index in [9.17, 15) is 13.0 Å². The molecule has 0 fully saturated rings. The van der Waals surface area contributed by atoms with Crippen LogP contribution in [0.5, 0.6) is 0 Å². The average molecular weight is 279 g/mol. The summed E-state index contributed by atoms with van der Waals surface area (Å²) in [7, 11) is -4.39. The van der Waals surface area contributed by atoms with E-state index in [1.165, 1.54) is 12.1 Å². The van der Waals surface area contributed by atoms with E-state index in [-0.39, 0.29) is 22.0 Å². The van der Waals surface area contributed by atoms with Crippen LogP contribution in [0.1, 0.15) is 0 Å². The molecule has 0 radical (unpaired) electrons. The summed E-state index contributed by atoms with van der Waals surface area (Å²) in [4.78, 5) is -0.317. The minimum absolute atomic E-state index is 0.0636. The molecule has 0 aliphatic carbocycles. The van der Waals surface area contributed by atoms with E-state index in [0.717, 1.165) is 0 Å². The number of anilines is 4. The van der Waals surface area contributed by atoms with Crippen molar-refractivity contribution in [3.8, 4) is 0 Å². The zero-order chi connectivity index (χ0) is 14.0. The Bertz CT molecular complexity index is 700. The predicted molar refractivity (Wildman–Crippen MR) is 74.8 cm³/mol. The van der Waals surface area contributed by atoms with Gasteiger partial charge in [0.25, 0.3) is 10.1 Å². The van der Waals surface area contributed by atoms with Crippen LogP contribution in [-0.4, -0.2) is 13.0 Å². The van der Waals surface area contributed by atoms with Crippen molar-refractivity contribution in [2.24, 2.45) is 0 Å². The lowest BCUT2D eigenvalue weighted by molar-refractivity contribution is 0.483. The van der Waals surface area contributed by atoms with Gasteiger partial charge in [0, 0.05) is 5.69 Å². The van der Waals surface area contributed by atoms with Crippen molar-refractivity contribution in [1.82, 2.24) is 0 Å². The molecule has 6 N–H and O–H groups in total. The molecule has 6 nitrogen and oxygen atoms in total. The van der Waals surface area contributed by atoms with Crippen LogP contribution in [0.25, 0.3) is 0 Å². The van der Waals surface area contributed by atoms with E-state index in [0.29, 0.717) is 5.69 Å². The lowest BCUT2D eigenvalue weighted by Crippen LogP contribution is -2.08. The van der Waals surface area contributed by atoms with E-state index in [4.69, 9.17) is 11.5 Å². The lowest BCUT2D eigenvalue weighted by Gasteiger charge is -2.14. The Balaban J connectivity index is 2.58. The fourth-order valence-corrected chi connectivity index (χ4v) is 2.28. The lowest BCUT2D eigenvalue weighted by atomic mass is 10.2. The second-order valence-electron chi connectivity index (χ2n) is 3.91. The number of nitrogens with two attached hydrogens (primary N) is 2. The molecule has 0 aliphatic heterocycles. The van der Waals surface area contributed by atoms with Gasteiger partial charge in [-0.2, -0.15) is 8.42 Å². The number of hydrogen-bond acceptors (Lipinski definition) is 5. The normalized spacial score (nSPS) is 11.2. The van der Waals surface area contributed by atoms with Crippen LogP contribution in [0.15, 0.2) is 47.4 Å². The first kappa shape index (κ1) is 13.2.